The third-order valence-electron chi connectivity index (χ3n) is 2.34. The van der Waals surface area contributed by atoms with E-state index in [2.05, 4.69) is 56.2 Å². The molecular weight excluding hydrogens is 334 g/mol. The molecule has 0 aromatic heterocycles. The van der Waals surface area contributed by atoms with Gasteiger partial charge in [0.05, 0.1) is 13.2 Å². The zero-order valence-corrected chi connectivity index (χ0v) is 12.8. The summed E-state index contributed by atoms with van der Waals surface area (Å²) in [5.74, 6) is 0. The maximum atomic E-state index is 5.50. The second-order valence-corrected chi connectivity index (χ2v) is 5.37. The van der Waals surface area contributed by atoms with Gasteiger partial charge in [-0.15, -0.1) is 0 Å². The monoisotopic (exact) mass is 349 g/mol. The Morgan fingerprint density at radius 1 is 1.19 bits per heavy atom. The van der Waals surface area contributed by atoms with Gasteiger partial charge >= 0.3 is 0 Å². The van der Waals surface area contributed by atoms with Gasteiger partial charge in [-0.2, -0.15) is 0 Å². The summed E-state index contributed by atoms with van der Waals surface area (Å²) < 4.78 is 7.82. The lowest BCUT2D eigenvalue weighted by atomic mass is 10.1. The number of nitrogens with one attached hydrogen (secondary N) is 1. The summed E-state index contributed by atoms with van der Waals surface area (Å²) in [5.41, 5.74) is 2.52. The van der Waals surface area contributed by atoms with Gasteiger partial charge in [-0.25, -0.2) is 0 Å². The first-order valence-electron chi connectivity index (χ1n) is 5.32. The maximum absolute atomic E-state index is 5.50. The molecule has 16 heavy (non-hydrogen) atoms. The average molecular weight is 351 g/mol. The summed E-state index contributed by atoms with van der Waals surface area (Å²) in [7, 11) is 1.93. The lowest BCUT2D eigenvalue weighted by Gasteiger charge is -2.08. The van der Waals surface area contributed by atoms with Gasteiger partial charge in [0.15, 0.2) is 0 Å². The van der Waals surface area contributed by atoms with E-state index in [-0.39, 0.29) is 0 Å². The molecule has 0 atom stereocenters. The molecule has 0 aliphatic heterocycles. The fourth-order valence-electron chi connectivity index (χ4n) is 1.34. The lowest BCUT2D eigenvalue weighted by Crippen LogP contribution is -2.15. The number of benzene rings is 1. The first kappa shape index (κ1) is 14.2. The minimum absolute atomic E-state index is 0.760. The predicted octanol–water partition coefficient (Wildman–Crippen LogP) is 3.30. The Labute approximate surface area is 114 Å². The number of aryl methyl sites for hydroxylation is 1. The number of rotatable bonds is 6. The minimum Gasteiger partial charge on any atom is -0.380 e. The number of hydrogen-bond acceptors (Lipinski definition) is 2. The zero-order valence-electron chi connectivity index (χ0n) is 9.65. The smallest absolute Gasteiger partial charge is 0.0590 e. The molecule has 0 radical (unpaired) electrons. The zero-order chi connectivity index (χ0) is 12.0. The number of hydrogen-bond donors (Lipinski definition) is 1. The topological polar surface area (TPSA) is 21.3 Å². The molecule has 0 aliphatic rings. The Hall–Kier alpha value is 0.1000. The molecule has 1 aromatic rings. The molecule has 0 saturated heterocycles. The first-order valence-corrected chi connectivity index (χ1v) is 6.90. The van der Waals surface area contributed by atoms with Crippen LogP contribution in [0.15, 0.2) is 21.1 Å². The van der Waals surface area contributed by atoms with Gasteiger partial charge in [-0.1, -0.05) is 31.9 Å². The van der Waals surface area contributed by atoms with Crippen molar-refractivity contribution < 1.29 is 4.74 Å². The van der Waals surface area contributed by atoms with Crippen molar-refractivity contribution in [1.82, 2.24) is 5.32 Å². The van der Waals surface area contributed by atoms with Crippen LogP contribution in [0.4, 0.5) is 0 Å². The molecule has 0 amide bonds. The molecule has 90 valence electrons. The quantitative estimate of drug-likeness (QED) is 0.795. The lowest BCUT2D eigenvalue weighted by molar-refractivity contribution is 0.140. The maximum Gasteiger partial charge on any atom is 0.0590 e. The van der Waals surface area contributed by atoms with Crippen LogP contribution >= 0.6 is 31.9 Å². The summed E-state index contributed by atoms with van der Waals surface area (Å²) in [6, 6.07) is 4.29. The molecule has 0 bridgehead atoms. The van der Waals surface area contributed by atoms with Crippen LogP contribution in [-0.2, 0) is 11.2 Å². The van der Waals surface area contributed by atoms with Crippen molar-refractivity contribution >= 4 is 31.9 Å². The summed E-state index contributed by atoms with van der Waals surface area (Å²) in [6.45, 7) is 4.51. The van der Waals surface area contributed by atoms with Crippen LogP contribution in [0.3, 0.4) is 0 Å². The Balaban J connectivity index is 2.45. The Morgan fingerprint density at radius 2 is 1.94 bits per heavy atom. The van der Waals surface area contributed by atoms with Crippen LogP contribution in [0.2, 0.25) is 0 Å². The standard InChI is InChI=1S/C12H17Br2NO/c1-9-7-12(14)10(8-11(9)13)3-5-16-6-4-15-2/h7-8,15H,3-6H2,1-2H3. The highest BCUT2D eigenvalue weighted by atomic mass is 79.9. The number of likely N-dealkylation sites (N-methyl/N-ethyl adjacent to an activating group) is 1. The van der Waals surface area contributed by atoms with E-state index in [1.165, 1.54) is 11.1 Å². The van der Waals surface area contributed by atoms with Gasteiger partial charge in [0, 0.05) is 15.5 Å². The van der Waals surface area contributed by atoms with Crippen molar-refractivity contribution in [3.8, 4) is 0 Å². The molecule has 2 nitrogen and oxygen atoms in total. The summed E-state index contributed by atoms with van der Waals surface area (Å²) in [6.07, 6.45) is 0.934. The van der Waals surface area contributed by atoms with Crippen LogP contribution < -0.4 is 5.32 Å². The van der Waals surface area contributed by atoms with E-state index in [0.29, 0.717) is 0 Å². The second kappa shape index (κ2) is 7.43. The Morgan fingerprint density at radius 3 is 2.62 bits per heavy atom. The van der Waals surface area contributed by atoms with Crippen LogP contribution in [0.25, 0.3) is 0 Å². The molecule has 1 rings (SSSR count). The van der Waals surface area contributed by atoms with Gasteiger partial charge in [0.2, 0.25) is 0 Å². The Bertz CT molecular complexity index is 342. The predicted molar refractivity (Wildman–Crippen MR) is 75.0 cm³/mol. The highest BCUT2D eigenvalue weighted by Crippen LogP contribution is 2.25. The summed E-state index contributed by atoms with van der Waals surface area (Å²) in [5, 5.41) is 3.05. The van der Waals surface area contributed by atoms with Gasteiger partial charge < -0.3 is 10.1 Å². The molecular formula is C12H17Br2NO. The summed E-state index contributed by atoms with van der Waals surface area (Å²) >= 11 is 7.12. The molecule has 0 unspecified atom stereocenters. The van der Waals surface area contributed by atoms with Crippen LogP contribution in [0.1, 0.15) is 11.1 Å². The minimum atomic E-state index is 0.760. The molecule has 1 N–H and O–H groups in total. The van der Waals surface area contributed by atoms with E-state index in [1.807, 2.05) is 7.05 Å². The molecule has 0 fully saturated rings. The normalized spacial score (nSPS) is 10.8. The number of ether oxygens (including phenoxy) is 1. The van der Waals surface area contributed by atoms with Crippen LogP contribution in [0, 0.1) is 6.92 Å². The third kappa shape index (κ3) is 4.53. The van der Waals surface area contributed by atoms with Crippen molar-refractivity contribution in [3.63, 3.8) is 0 Å². The highest BCUT2D eigenvalue weighted by Gasteiger charge is 2.03. The fourth-order valence-corrected chi connectivity index (χ4v) is 2.38. The van der Waals surface area contributed by atoms with Crippen molar-refractivity contribution in [2.24, 2.45) is 0 Å². The van der Waals surface area contributed by atoms with Crippen molar-refractivity contribution in [2.45, 2.75) is 13.3 Å². The van der Waals surface area contributed by atoms with Gasteiger partial charge in [0.25, 0.3) is 0 Å². The van der Waals surface area contributed by atoms with E-state index in [4.69, 9.17) is 4.74 Å². The van der Waals surface area contributed by atoms with Crippen molar-refractivity contribution in [3.05, 3.63) is 32.2 Å². The van der Waals surface area contributed by atoms with Crippen molar-refractivity contribution in [2.75, 3.05) is 26.8 Å². The first-order chi connectivity index (χ1) is 7.65. The van der Waals surface area contributed by atoms with E-state index in [0.717, 1.165) is 35.1 Å². The van der Waals surface area contributed by atoms with Crippen LogP contribution in [0.5, 0.6) is 0 Å². The molecule has 0 saturated carbocycles. The van der Waals surface area contributed by atoms with E-state index >= 15 is 0 Å². The third-order valence-corrected chi connectivity index (χ3v) is 3.93. The second-order valence-electron chi connectivity index (χ2n) is 3.66. The van der Waals surface area contributed by atoms with E-state index in [9.17, 15) is 0 Å². The average Bonchev–Trinajstić information content (AvgIpc) is 2.25. The molecule has 4 heteroatoms. The largest absolute Gasteiger partial charge is 0.380 e. The molecule has 0 aliphatic carbocycles. The SMILES string of the molecule is CNCCOCCc1cc(Br)c(C)cc1Br. The fraction of sp³-hybridized carbons (Fsp3) is 0.500. The molecule has 1 aromatic carbocycles. The van der Waals surface area contributed by atoms with E-state index < -0.39 is 0 Å². The van der Waals surface area contributed by atoms with E-state index in [1.54, 1.807) is 0 Å². The van der Waals surface area contributed by atoms with Crippen LogP contribution in [-0.4, -0.2) is 26.8 Å². The van der Waals surface area contributed by atoms with Gasteiger partial charge in [-0.3, -0.25) is 0 Å². The molecule has 0 heterocycles. The highest BCUT2D eigenvalue weighted by molar-refractivity contribution is 9.11. The Kier molecular flexibility index (Phi) is 6.58. The van der Waals surface area contributed by atoms with Crippen molar-refractivity contribution in [1.29, 1.82) is 0 Å². The van der Waals surface area contributed by atoms with Gasteiger partial charge in [0.1, 0.15) is 0 Å². The molecule has 0 spiro atoms. The summed E-state index contributed by atoms with van der Waals surface area (Å²) in [4.78, 5) is 0. The van der Waals surface area contributed by atoms with Gasteiger partial charge in [-0.05, 0) is 43.7 Å². The number of halogens is 2.